The first-order valence-electron chi connectivity index (χ1n) is 8.47. The highest BCUT2D eigenvalue weighted by molar-refractivity contribution is 4.75. The molecule has 0 aliphatic heterocycles. The van der Waals surface area contributed by atoms with Gasteiger partial charge in [0.15, 0.2) is 0 Å². The topological polar surface area (TPSA) is 3.24 Å². The van der Waals surface area contributed by atoms with E-state index in [2.05, 4.69) is 60.3 Å². The molecule has 1 atom stereocenters. The SMILES string of the molecule is CCCC(C)(C)CCC(CN(CC)C(C)C)C(C)C. The highest BCUT2D eigenvalue weighted by atomic mass is 15.1. The van der Waals surface area contributed by atoms with Gasteiger partial charge in [0, 0.05) is 12.6 Å². The van der Waals surface area contributed by atoms with Crippen LogP contribution in [-0.4, -0.2) is 24.0 Å². The van der Waals surface area contributed by atoms with Gasteiger partial charge in [-0.15, -0.1) is 0 Å². The Bertz CT molecular complexity index is 218. The molecule has 1 nitrogen and oxygen atoms in total. The minimum absolute atomic E-state index is 0.525. The van der Waals surface area contributed by atoms with Crippen LogP contribution in [0.2, 0.25) is 0 Å². The number of nitrogens with zero attached hydrogens (tertiary/aromatic N) is 1. The predicted molar refractivity (Wildman–Crippen MR) is 88.6 cm³/mol. The van der Waals surface area contributed by atoms with Gasteiger partial charge < -0.3 is 4.90 Å². The second-order valence-electron chi connectivity index (χ2n) is 7.64. The summed E-state index contributed by atoms with van der Waals surface area (Å²) >= 11 is 0. The molecule has 0 amide bonds. The Morgan fingerprint density at radius 3 is 1.89 bits per heavy atom. The number of rotatable bonds is 10. The monoisotopic (exact) mass is 269 g/mol. The molecule has 1 unspecified atom stereocenters. The van der Waals surface area contributed by atoms with Crippen LogP contribution in [0.3, 0.4) is 0 Å². The van der Waals surface area contributed by atoms with Crippen molar-refractivity contribution in [3.8, 4) is 0 Å². The summed E-state index contributed by atoms with van der Waals surface area (Å²) in [5.74, 6) is 1.64. The van der Waals surface area contributed by atoms with Crippen LogP contribution in [0.5, 0.6) is 0 Å². The van der Waals surface area contributed by atoms with Gasteiger partial charge in [-0.1, -0.05) is 48.0 Å². The van der Waals surface area contributed by atoms with Crippen LogP contribution in [0, 0.1) is 17.3 Å². The van der Waals surface area contributed by atoms with Crippen LogP contribution in [-0.2, 0) is 0 Å². The third-order valence-electron chi connectivity index (χ3n) is 4.67. The maximum absolute atomic E-state index is 2.62. The summed E-state index contributed by atoms with van der Waals surface area (Å²) in [6.45, 7) is 21.4. The second kappa shape index (κ2) is 9.00. The molecule has 0 saturated carbocycles. The van der Waals surface area contributed by atoms with E-state index in [0.29, 0.717) is 11.5 Å². The van der Waals surface area contributed by atoms with Crippen LogP contribution >= 0.6 is 0 Å². The lowest BCUT2D eigenvalue weighted by Gasteiger charge is -2.34. The normalized spacial score (nSPS) is 14.7. The smallest absolute Gasteiger partial charge is 0.00385 e. The lowest BCUT2D eigenvalue weighted by molar-refractivity contribution is 0.151. The van der Waals surface area contributed by atoms with E-state index < -0.39 is 0 Å². The first-order valence-corrected chi connectivity index (χ1v) is 8.47. The molecule has 1 heteroatoms. The Morgan fingerprint density at radius 1 is 0.947 bits per heavy atom. The summed E-state index contributed by atoms with van der Waals surface area (Å²) in [6.07, 6.45) is 5.43. The van der Waals surface area contributed by atoms with E-state index in [0.717, 1.165) is 11.8 Å². The fraction of sp³-hybridized carbons (Fsp3) is 1.00. The van der Waals surface area contributed by atoms with E-state index in [1.165, 1.54) is 38.8 Å². The van der Waals surface area contributed by atoms with Crippen molar-refractivity contribution in [3.05, 3.63) is 0 Å². The fourth-order valence-electron chi connectivity index (χ4n) is 3.02. The maximum atomic E-state index is 2.62. The molecule has 0 bridgehead atoms. The predicted octanol–water partition coefficient (Wildman–Crippen LogP) is 5.60. The Hall–Kier alpha value is -0.0400. The fourth-order valence-corrected chi connectivity index (χ4v) is 3.02. The van der Waals surface area contributed by atoms with Gasteiger partial charge in [-0.05, 0) is 56.9 Å². The van der Waals surface area contributed by atoms with Crippen LogP contribution < -0.4 is 0 Å². The number of hydrogen-bond acceptors (Lipinski definition) is 1. The summed E-state index contributed by atoms with van der Waals surface area (Å²) < 4.78 is 0. The molecule has 0 saturated heterocycles. The third-order valence-corrected chi connectivity index (χ3v) is 4.67. The first kappa shape index (κ1) is 19.0. The second-order valence-corrected chi connectivity index (χ2v) is 7.64. The third kappa shape index (κ3) is 7.97. The van der Waals surface area contributed by atoms with Crippen molar-refractivity contribution in [1.82, 2.24) is 4.90 Å². The Kier molecular flexibility index (Phi) is 8.98. The molecule has 116 valence electrons. The number of hydrogen-bond donors (Lipinski definition) is 0. The summed E-state index contributed by atoms with van der Waals surface area (Å²) in [6, 6.07) is 0.676. The zero-order chi connectivity index (χ0) is 15.1. The van der Waals surface area contributed by atoms with Gasteiger partial charge in [-0.25, -0.2) is 0 Å². The average Bonchev–Trinajstić information content (AvgIpc) is 2.28. The molecule has 0 fully saturated rings. The molecule has 0 aliphatic rings. The van der Waals surface area contributed by atoms with Gasteiger partial charge in [0.2, 0.25) is 0 Å². The molecule has 0 aromatic heterocycles. The molecule has 0 aromatic rings. The summed E-state index contributed by atoms with van der Waals surface area (Å²) in [4.78, 5) is 2.62. The van der Waals surface area contributed by atoms with Gasteiger partial charge in [0.25, 0.3) is 0 Å². The van der Waals surface area contributed by atoms with Crippen molar-refractivity contribution in [3.63, 3.8) is 0 Å². The zero-order valence-electron chi connectivity index (χ0n) is 14.9. The molecule has 0 N–H and O–H groups in total. The van der Waals surface area contributed by atoms with E-state index in [9.17, 15) is 0 Å². The molecule has 0 rings (SSSR count). The van der Waals surface area contributed by atoms with E-state index in [1.807, 2.05) is 0 Å². The first-order chi connectivity index (χ1) is 8.73. The highest BCUT2D eigenvalue weighted by Gasteiger charge is 2.23. The molecule has 0 heterocycles. The molecule has 0 spiro atoms. The van der Waals surface area contributed by atoms with E-state index >= 15 is 0 Å². The van der Waals surface area contributed by atoms with Gasteiger partial charge >= 0.3 is 0 Å². The minimum atomic E-state index is 0.525. The van der Waals surface area contributed by atoms with Crippen molar-refractivity contribution in [2.24, 2.45) is 17.3 Å². The highest BCUT2D eigenvalue weighted by Crippen LogP contribution is 2.32. The van der Waals surface area contributed by atoms with E-state index in [4.69, 9.17) is 0 Å². The largest absolute Gasteiger partial charge is 0.301 e. The standard InChI is InChI=1S/C18H39N/c1-9-12-18(7,8)13-11-17(15(3)4)14-19(10-2)16(5)6/h15-17H,9-14H2,1-8H3. The molecular formula is C18H39N. The summed E-state index contributed by atoms with van der Waals surface area (Å²) in [7, 11) is 0. The van der Waals surface area contributed by atoms with Gasteiger partial charge in [-0.2, -0.15) is 0 Å². The lowest BCUT2D eigenvalue weighted by Crippen LogP contribution is -2.37. The van der Waals surface area contributed by atoms with Gasteiger partial charge in [0.05, 0.1) is 0 Å². The zero-order valence-corrected chi connectivity index (χ0v) is 14.9. The average molecular weight is 270 g/mol. The Balaban J connectivity index is 4.42. The van der Waals surface area contributed by atoms with Crippen molar-refractivity contribution >= 4 is 0 Å². The summed E-state index contributed by atoms with van der Waals surface area (Å²) in [5.41, 5.74) is 0.525. The van der Waals surface area contributed by atoms with E-state index in [1.54, 1.807) is 0 Å². The van der Waals surface area contributed by atoms with Crippen LogP contribution in [0.15, 0.2) is 0 Å². The molecule has 0 aliphatic carbocycles. The van der Waals surface area contributed by atoms with Crippen molar-refractivity contribution in [1.29, 1.82) is 0 Å². The molecule has 19 heavy (non-hydrogen) atoms. The molecule has 0 aromatic carbocycles. The van der Waals surface area contributed by atoms with E-state index in [-0.39, 0.29) is 0 Å². The van der Waals surface area contributed by atoms with Crippen LogP contribution in [0.1, 0.15) is 81.1 Å². The molecule has 0 radical (unpaired) electrons. The van der Waals surface area contributed by atoms with Crippen molar-refractivity contribution in [2.45, 2.75) is 87.1 Å². The Morgan fingerprint density at radius 2 is 1.53 bits per heavy atom. The quantitative estimate of drug-likeness (QED) is 0.499. The van der Waals surface area contributed by atoms with Crippen LogP contribution in [0.25, 0.3) is 0 Å². The van der Waals surface area contributed by atoms with Crippen LogP contribution in [0.4, 0.5) is 0 Å². The lowest BCUT2D eigenvalue weighted by atomic mass is 9.78. The summed E-state index contributed by atoms with van der Waals surface area (Å²) in [5, 5.41) is 0. The van der Waals surface area contributed by atoms with Crippen molar-refractivity contribution < 1.29 is 0 Å². The maximum Gasteiger partial charge on any atom is 0.00385 e. The van der Waals surface area contributed by atoms with Crippen molar-refractivity contribution in [2.75, 3.05) is 13.1 Å². The van der Waals surface area contributed by atoms with Gasteiger partial charge in [0.1, 0.15) is 0 Å². The van der Waals surface area contributed by atoms with Gasteiger partial charge in [-0.3, -0.25) is 0 Å². The Labute approximate surface area is 123 Å². The minimum Gasteiger partial charge on any atom is -0.301 e. The molecular weight excluding hydrogens is 230 g/mol.